The van der Waals surface area contributed by atoms with E-state index < -0.39 is 0 Å². The molecule has 0 saturated carbocycles. The van der Waals surface area contributed by atoms with Gasteiger partial charge in [-0.3, -0.25) is 4.79 Å². The van der Waals surface area contributed by atoms with Gasteiger partial charge >= 0.3 is 0 Å². The van der Waals surface area contributed by atoms with Gasteiger partial charge in [0.25, 0.3) is 5.24 Å². The lowest BCUT2D eigenvalue weighted by atomic mass is 10.2. The molecule has 0 aliphatic carbocycles. The third-order valence-electron chi connectivity index (χ3n) is 2.88. The van der Waals surface area contributed by atoms with Crippen LogP contribution < -0.4 is 10.9 Å². The number of carbonyl (C=O) groups is 1. The average molecular weight is 380 g/mol. The zero-order valence-corrected chi connectivity index (χ0v) is 14.9. The van der Waals surface area contributed by atoms with Crippen molar-refractivity contribution in [2.75, 3.05) is 19.5 Å². The number of carbonyl (C=O) groups excluding carboxylic acids is 1. The van der Waals surface area contributed by atoms with E-state index in [-0.39, 0.29) is 5.24 Å². The Morgan fingerprint density at radius 3 is 2.59 bits per heavy atom. The quantitative estimate of drug-likeness (QED) is 0.598. The molecule has 2 N–H and O–H groups in total. The van der Waals surface area contributed by atoms with Crippen LogP contribution in [0.15, 0.2) is 57.9 Å². The minimum Gasteiger partial charge on any atom is -0.339 e. The number of thioether (sulfide) groups is 1. The molecule has 2 rings (SSSR count). The van der Waals surface area contributed by atoms with Crippen LogP contribution in [0.25, 0.3) is 0 Å². The second-order valence-corrected chi connectivity index (χ2v) is 6.77. The standard InChI is InChI=1S/C16H18BrN3OS/c1-20(2)16(21)22-15-10-13(17)9-8-12(15)11-18-19-14-6-4-3-5-7-14/h3-10,18-19H,11H2,1-2H3. The monoisotopic (exact) mass is 379 g/mol. The van der Waals surface area contributed by atoms with Crippen LogP contribution in [0.4, 0.5) is 10.5 Å². The fourth-order valence-corrected chi connectivity index (χ4v) is 3.06. The van der Waals surface area contributed by atoms with Crippen molar-refractivity contribution in [3.8, 4) is 0 Å². The van der Waals surface area contributed by atoms with E-state index in [2.05, 4.69) is 26.8 Å². The minimum atomic E-state index is 0.00960. The van der Waals surface area contributed by atoms with Crippen molar-refractivity contribution in [3.05, 3.63) is 58.6 Å². The average Bonchev–Trinajstić information content (AvgIpc) is 2.50. The third kappa shape index (κ3) is 5.05. The van der Waals surface area contributed by atoms with E-state index in [1.807, 2.05) is 48.5 Å². The van der Waals surface area contributed by atoms with E-state index in [0.29, 0.717) is 6.54 Å². The Morgan fingerprint density at radius 2 is 1.91 bits per heavy atom. The van der Waals surface area contributed by atoms with Gasteiger partial charge in [-0.15, -0.1) is 0 Å². The molecule has 0 atom stereocenters. The van der Waals surface area contributed by atoms with Gasteiger partial charge in [-0.2, -0.15) is 0 Å². The number of nitrogens with zero attached hydrogens (tertiary/aromatic N) is 1. The largest absolute Gasteiger partial charge is 0.339 e. The molecule has 1 amide bonds. The van der Waals surface area contributed by atoms with E-state index in [1.54, 1.807) is 19.0 Å². The minimum absolute atomic E-state index is 0.00960. The Hall–Kier alpha value is -1.50. The summed E-state index contributed by atoms with van der Waals surface area (Å²) in [4.78, 5) is 14.4. The molecule has 22 heavy (non-hydrogen) atoms. The molecule has 0 radical (unpaired) electrons. The molecule has 6 heteroatoms. The molecule has 0 aliphatic heterocycles. The summed E-state index contributed by atoms with van der Waals surface area (Å²) in [5.74, 6) is 0. The van der Waals surface area contributed by atoms with Gasteiger partial charge in [-0.1, -0.05) is 40.2 Å². The van der Waals surface area contributed by atoms with E-state index in [1.165, 1.54) is 11.8 Å². The SMILES string of the molecule is CN(C)C(=O)Sc1cc(Br)ccc1CNNc1ccccc1. The summed E-state index contributed by atoms with van der Waals surface area (Å²) in [6, 6.07) is 15.8. The summed E-state index contributed by atoms with van der Waals surface area (Å²) >= 11 is 4.68. The fourth-order valence-electron chi connectivity index (χ4n) is 1.72. The molecule has 0 bridgehead atoms. The van der Waals surface area contributed by atoms with Crippen LogP contribution in [-0.2, 0) is 6.54 Å². The molecule has 0 unspecified atom stereocenters. The van der Waals surface area contributed by atoms with Crippen molar-refractivity contribution < 1.29 is 4.79 Å². The molecule has 0 fully saturated rings. The summed E-state index contributed by atoms with van der Waals surface area (Å²) in [5, 5.41) is 0.00960. The molecule has 4 nitrogen and oxygen atoms in total. The molecule has 0 heterocycles. The number of hydrogen-bond donors (Lipinski definition) is 2. The normalized spacial score (nSPS) is 10.3. The number of nitrogens with one attached hydrogen (secondary N) is 2. The molecule has 2 aromatic carbocycles. The van der Waals surface area contributed by atoms with Crippen molar-refractivity contribution in [2.24, 2.45) is 0 Å². The van der Waals surface area contributed by atoms with Crippen LogP contribution >= 0.6 is 27.7 Å². The number of anilines is 1. The number of halogens is 1. The van der Waals surface area contributed by atoms with Crippen molar-refractivity contribution in [2.45, 2.75) is 11.4 Å². The molecule has 116 valence electrons. The predicted molar refractivity (Wildman–Crippen MR) is 96.0 cm³/mol. The van der Waals surface area contributed by atoms with Crippen LogP contribution in [0.2, 0.25) is 0 Å². The third-order valence-corrected chi connectivity index (χ3v) is 4.51. The van der Waals surface area contributed by atoms with Crippen LogP contribution in [-0.4, -0.2) is 24.2 Å². The van der Waals surface area contributed by atoms with Gasteiger partial charge in [0.2, 0.25) is 0 Å². The molecular weight excluding hydrogens is 362 g/mol. The van der Waals surface area contributed by atoms with Gasteiger partial charge < -0.3 is 10.3 Å². The smallest absolute Gasteiger partial charge is 0.285 e. The zero-order valence-electron chi connectivity index (χ0n) is 12.5. The van der Waals surface area contributed by atoms with E-state index in [0.717, 1.165) is 20.6 Å². The van der Waals surface area contributed by atoms with Gasteiger partial charge in [0.05, 0.1) is 0 Å². The maximum atomic E-state index is 11.9. The lowest BCUT2D eigenvalue weighted by molar-refractivity contribution is 0.241. The van der Waals surface area contributed by atoms with Gasteiger partial charge in [-0.05, 0) is 41.6 Å². The molecule has 2 aromatic rings. The number of amides is 1. The second kappa shape index (κ2) is 8.22. The molecule has 0 aliphatic rings. The summed E-state index contributed by atoms with van der Waals surface area (Å²) in [5.41, 5.74) is 8.38. The first kappa shape index (κ1) is 16.9. The molecule has 0 spiro atoms. The van der Waals surface area contributed by atoms with Gasteiger partial charge in [0.15, 0.2) is 0 Å². The molecule has 0 aromatic heterocycles. The highest BCUT2D eigenvalue weighted by atomic mass is 79.9. The maximum Gasteiger partial charge on any atom is 0.285 e. The van der Waals surface area contributed by atoms with Crippen LogP contribution in [0.3, 0.4) is 0 Å². The first-order chi connectivity index (χ1) is 10.6. The highest BCUT2D eigenvalue weighted by Crippen LogP contribution is 2.28. The Bertz CT molecular complexity index is 635. The first-order valence-electron chi connectivity index (χ1n) is 6.78. The Morgan fingerprint density at radius 1 is 1.18 bits per heavy atom. The van der Waals surface area contributed by atoms with E-state index in [4.69, 9.17) is 0 Å². The van der Waals surface area contributed by atoms with Crippen LogP contribution in [0.1, 0.15) is 5.56 Å². The lowest BCUT2D eigenvalue weighted by Crippen LogP contribution is -2.21. The maximum absolute atomic E-state index is 11.9. The molecular formula is C16H18BrN3OS. The highest BCUT2D eigenvalue weighted by Gasteiger charge is 2.11. The first-order valence-corrected chi connectivity index (χ1v) is 8.38. The number of para-hydroxylation sites is 1. The summed E-state index contributed by atoms with van der Waals surface area (Å²) in [6.07, 6.45) is 0. The van der Waals surface area contributed by atoms with Gasteiger partial charge in [0.1, 0.15) is 0 Å². The van der Waals surface area contributed by atoms with Crippen molar-refractivity contribution >= 4 is 38.6 Å². The molecule has 0 saturated heterocycles. The number of hydrazine groups is 1. The zero-order chi connectivity index (χ0) is 15.9. The predicted octanol–water partition coefficient (Wildman–Crippen LogP) is 4.34. The summed E-state index contributed by atoms with van der Waals surface area (Å²) in [6.45, 7) is 0.616. The Labute approximate surface area is 143 Å². The number of benzene rings is 2. The Kier molecular flexibility index (Phi) is 6.30. The van der Waals surface area contributed by atoms with E-state index >= 15 is 0 Å². The fraction of sp³-hybridized carbons (Fsp3) is 0.188. The Balaban J connectivity index is 2.02. The summed E-state index contributed by atoms with van der Waals surface area (Å²) < 4.78 is 0.960. The lowest BCUT2D eigenvalue weighted by Gasteiger charge is -2.14. The topological polar surface area (TPSA) is 44.4 Å². The van der Waals surface area contributed by atoms with Crippen molar-refractivity contribution in [1.29, 1.82) is 0 Å². The van der Waals surface area contributed by atoms with Crippen molar-refractivity contribution in [3.63, 3.8) is 0 Å². The van der Waals surface area contributed by atoms with Gasteiger partial charge in [-0.25, -0.2) is 5.43 Å². The number of rotatable bonds is 5. The second-order valence-electron chi connectivity index (χ2n) is 4.86. The number of hydrogen-bond acceptors (Lipinski definition) is 4. The van der Waals surface area contributed by atoms with Crippen molar-refractivity contribution in [1.82, 2.24) is 10.3 Å². The highest BCUT2D eigenvalue weighted by molar-refractivity contribution is 9.10. The van der Waals surface area contributed by atoms with Crippen LogP contribution in [0, 0.1) is 0 Å². The van der Waals surface area contributed by atoms with E-state index in [9.17, 15) is 4.79 Å². The van der Waals surface area contributed by atoms with Crippen LogP contribution in [0.5, 0.6) is 0 Å². The van der Waals surface area contributed by atoms with Gasteiger partial charge in [0, 0.05) is 35.7 Å². The summed E-state index contributed by atoms with van der Waals surface area (Å²) in [7, 11) is 3.50.